The molecule has 3 N–H and O–H groups in total. The average molecular weight is 285 g/mol. The fourth-order valence-electron chi connectivity index (χ4n) is 1.54. The Morgan fingerprint density at radius 3 is 2.79 bits per heavy atom. The number of carbonyl (C=O) groups excluding carboxylic acids is 1. The number of benzene rings is 1. The van der Waals surface area contributed by atoms with Crippen molar-refractivity contribution in [3.63, 3.8) is 0 Å². The van der Waals surface area contributed by atoms with Crippen molar-refractivity contribution in [3.8, 4) is 5.75 Å². The van der Waals surface area contributed by atoms with Gasteiger partial charge in [-0.05, 0) is 30.2 Å². The highest BCUT2D eigenvalue weighted by molar-refractivity contribution is 6.32. The van der Waals surface area contributed by atoms with Crippen LogP contribution in [0.2, 0.25) is 5.02 Å². The molecule has 0 fully saturated rings. The van der Waals surface area contributed by atoms with Gasteiger partial charge in [-0.3, -0.25) is 4.79 Å². The molecule has 0 radical (unpaired) electrons. The molecule has 5 heteroatoms. The number of hydrogen-bond acceptors (Lipinski definition) is 3. The van der Waals surface area contributed by atoms with Crippen LogP contribution in [0.1, 0.15) is 25.8 Å². The first-order valence-electron chi connectivity index (χ1n) is 6.39. The molecule has 0 atom stereocenters. The maximum Gasteiger partial charge on any atom is 0.220 e. The molecule has 0 aliphatic heterocycles. The van der Waals surface area contributed by atoms with Gasteiger partial charge in [-0.2, -0.15) is 0 Å². The molecule has 19 heavy (non-hydrogen) atoms. The van der Waals surface area contributed by atoms with E-state index in [-0.39, 0.29) is 18.9 Å². The third kappa shape index (κ3) is 6.45. The van der Waals surface area contributed by atoms with Gasteiger partial charge in [0.25, 0.3) is 0 Å². The van der Waals surface area contributed by atoms with Crippen LogP contribution in [0.5, 0.6) is 5.75 Å². The predicted octanol–water partition coefficient (Wildman–Crippen LogP) is 2.34. The van der Waals surface area contributed by atoms with E-state index in [0.29, 0.717) is 16.7 Å². The van der Waals surface area contributed by atoms with E-state index in [2.05, 4.69) is 19.2 Å². The van der Waals surface area contributed by atoms with Crippen LogP contribution in [-0.4, -0.2) is 19.1 Å². The van der Waals surface area contributed by atoms with E-state index in [9.17, 15) is 4.79 Å². The minimum Gasteiger partial charge on any atom is -0.491 e. The van der Waals surface area contributed by atoms with Crippen LogP contribution in [0.15, 0.2) is 18.2 Å². The van der Waals surface area contributed by atoms with E-state index in [1.165, 1.54) is 0 Å². The minimum atomic E-state index is -0.384. The number of primary amides is 1. The van der Waals surface area contributed by atoms with Crippen molar-refractivity contribution in [2.24, 2.45) is 11.7 Å². The van der Waals surface area contributed by atoms with Gasteiger partial charge >= 0.3 is 0 Å². The van der Waals surface area contributed by atoms with Crippen LogP contribution in [0.3, 0.4) is 0 Å². The van der Waals surface area contributed by atoms with Gasteiger partial charge in [0, 0.05) is 6.54 Å². The monoisotopic (exact) mass is 284 g/mol. The number of nitrogens with two attached hydrogens (primary N) is 1. The van der Waals surface area contributed by atoms with E-state index >= 15 is 0 Å². The Bertz CT molecular complexity index is 422. The molecule has 0 spiro atoms. The molecule has 0 aliphatic rings. The van der Waals surface area contributed by atoms with E-state index in [1.807, 2.05) is 18.2 Å². The van der Waals surface area contributed by atoms with E-state index < -0.39 is 0 Å². The van der Waals surface area contributed by atoms with Crippen LogP contribution in [0, 0.1) is 5.92 Å². The summed E-state index contributed by atoms with van der Waals surface area (Å²) in [5.41, 5.74) is 6.14. The summed E-state index contributed by atoms with van der Waals surface area (Å²) in [5, 5.41) is 3.89. The third-order valence-electron chi connectivity index (χ3n) is 2.48. The van der Waals surface area contributed by atoms with Gasteiger partial charge in [0.2, 0.25) is 5.91 Å². The molecule has 0 aromatic heterocycles. The van der Waals surface area contributed by atoms with Crippen LogP contribution >= 0.6 is 11.6 Å². The fourth-order valence-corrected chi connectivity index (χ4v) is 1.80. The first-order chi connectivity index (χ1) is 8.99. The molecule has 0 aliphatic carbocycles. The molecular weight excluding hydrogens is 264 g/mol. The normalized spacial score (nSPS) is 10.7. The summed E-state index contributed by atoms with van der Waals surface area (Å²) in [6.07, 6.45) is 0.189. The minimum absolute atomic E-state index is 0.189. The Hall–Kier alpha value is -1.26. The van der Waals surface area contributed by atoms with E-state index in [0.717, 1.165) is 18.7 Å². The SMILES string of the molecule is CC(C)CNCc1ccc(OCCC(N)=O)c(Cl)c1. The summed E-state index contributed by atoms with van der Waals surface area (Å²) in [5.74, 6) is 0.813. The van der Waals surface area contributed by atoms with Crippen molar-refractivity contribution in [3.05, 3.63) is 28.8 Å². The molecule has 1 amide bonds. The van der Waals surface area contributed by atoms with Crippen LogP contribution in [-0.2, 0) is 11.3 Å². The number of ether oxygens (including phenoxy) is 1. The average Bonchev–Trinajstić information content (AvgIpc) is 2.31. The number of rotatable bonds is 8. The zero-order chi connectivity index (χ0) is 14.3. The number of amides is 1. The van der Waals surface area contributed by atoms with Gasteiger partial charge in [0.1, 0.15) is 5.75 Å². The van der Waals surface area contributed by atoms with Crippen LogP contribution < -0.4 is 15.8 Å². The summed E-state index contributed by atoms with van der Waals surface area (Å²) >= 11 is 6.12. The second kappa shape index (κ2) is 8.02. The lowest BCUT2D eigenvalue weighted by atomic mass is 10.2. The highest BCUT2D eigenvalue weighted by Crippen LogP contribution is 2.25. The van der Waals surface area contributed by atoms with Crippen molar-refractivity contribution in [1.82, 2.24) is 5.32 Å². The van der Waals surface area contributed by atoms with E-state index in [4.69, 9.17) is 22.1 Å². The number of nitrogens with one attached hydrogen (secondary N) is 1. The maximum absolute atomic E-state index is 10.6. The van der Waals surface area contributed by atoms with Crippen LogP contribution in [0.4, 0.5) is 0 Å². The summed E-state index contributed by atoms with van der Waals surface area (Å²) in [6.45, 7) is 6.32. The maximum atomic E-state index is 10.6. The highest BCUT2D eigenvalue weighted by Gasteiger charge is 2.04. The molecule has 0 heterocycles. The van der Waals surface area contributed by atoms with E-state index in [1.54, 1.807) is 0 Å². The van der Waals surface area contributed by atoms with Crippen molar-refractivity contribution < 1.29 is 9.53 Å². The molecule has 0 bridgehead atoms. The van der Waals surface area contributed by atoms with Crippen molar-refractivity contribution in [2.45, 2.75) is 26.8 Å². The largest absolute Gasteiger partial charge is 0.491 e. The molecular formula is C14H21ClN2O2. The molecule has 106 valence electrons. The van der Waals surface area contributed by atoms with Gasteiger partial charge in [0.15, 0.2) is 0 Å². The first kappa shape index (κ1) is 15.8. The third-order valence-corrected chi connectivity index (χ3v) is 2.78. The standard InChI is InChI=1S/C14H21ClN2O2/c1-10(2)8-17-9-11-3-4-13(12(15)7-11)19-6-5-14(16)18/h3-4,7,10,17H,5-6,8-9H2,1-2H3,(H2,16,18). The van der Waals surface area contributed by atoms with Crippen molar-refractivity contribution >= 4 is 17.5 Å². The lowest BCUT2D eigenvalue weighted by Gasteiger charge is -2.10. The van der Waals surface area contributed by atoms with Gasteiger partial charge in [0.05, 0.1) is 18.1 Å². The van der Waals surface area contributed by atoms with Crippen molar-refractivity contribution in [2.75, 3.05) is 13.2 Å². The second-order valence-electron chi connectivity index (χ2n) is 4.85. The summed E-state index contributed by atoms with van der Waals surface area (Å²) in [6, 6.07) is 5.64. The Morgan fingerprint density at radius 2 is 2.21 bits per heavy atom. The Kier molecular flexibility index (Phi) is 6.67. The number of halogens is 1. The first-order valence-corrected chi connectivity index (χ1v) is 6.77. The molecule has 0 saturated heterocycles. The quantitative estimate of drug-likeness (QED) is 0.770. The van der Waals surface area contributed by atoms with Gasteiger partial charge in [-0.25, -0.2) is 0 Å². The Morgan fingerprint density at radius 1 is 1.47 bits per heavy atom. The topological polar surface area (TPSA) is 64.3 Å². The van der Waals surface area contributed by atoms with Crippen molar-refractivity contribution in [1.29, 1.82) is 0 Å². The molecule has 1 aromatic rings. The Labute approximate surface area is 119 Å². The fraction of sp³-hybridized carbons (Fsp3) is 0.500. The summed E-state index contributed by atoms with van der Waals surface area (Å²) in [7, 11) is 0. The lowest BCUT2D eigenvalue weighted by Crippen LogP contribution is -2.19. The molecule has 1 aromatic carbocycles. The molecule has 0 unspecified atom stereocenters. The molecule has 1 rings (SSSR count). The lowest BCUT2D eigenvalue weighted by molar-refractivity contribution is -0.118. The highest BCUT2D eigenvalue weighted by atomic mass is 35.5. The smallest absolute Gasteiger partial charge is 0.220 e. The zero-order valence-corrected chi connectivity index (χ0v) is 12.2. The number of carbonyl (C=O) groups is 1. The van der Waals surface area contributed by atoms with Gasteiger partial charge in [-0.1, -0.05) is 31.5 Å². The molecule has 0 saturated carbocycles. The van der Waals surface area contributed by atoms with Gasteiger partial charge in [-0.15, -0.1) is 0 Å². The Balaban J connectivity index is 2.47. The predicted molar refractivity (Wildman–Crippen MR) is 77.3 cm³/mol. The van der Waals surface area contributed by atoms with Gasteiger partial charge < -0.3 is 15.8 Å². The summed E-state index contributed by atoms with van der Waals surface area (Å²) < 4.78 is 5.39. The summed E-state index contributed by atoms with van der Waals surface area (Å²) in [4.78, 5) is 10.6. The number of hydrogen-bond donors (Lipinski definition) is 2. The van der Waals surface area contributed by atoms with Crippen LogP contribution in [0.25, 0.3) is 0 Å². The molecule has 4 nitrogen and oxygen atoms in total. The second-order valence-corrected chi connectivity index (χ2v) is 5.26. The zero-order valence-electron chi connectivity index (χ0n) is 11.4.